The van der Waals surface area contributed by atoms with Gasteiger partial charge in [-0.25, -0.2) is 4.98 Å². The summed E-state index contributed by atoms with van der Waals surface area (Å²) in [5.41, 5.74) is 7.63. The van der Waals surface area contributed by atoms with Gasteiger partial charge in [0, 0.05) is 44.4 Å². The van der Waals surface area contributed by atoms with E-state index in [4.69, 9.17) is 9.97 Å². The minimum atomic E-state index is 0.980. The van der Waals surface area contributed by atoms with Crippen molar-refractivity contribution in [1.29, 1.82) is 0 Å². The van der Waals surface area contributed by atoms with Crippen molar-refractivity contribution in [2.45, 2.75) is 0 Å². The normalized spacial score (nSPS) is 11.8. The van der Waals surface area contributed by atoms with Crippen LogP contribution in [-0.4, -0.2) is 14.5 Å². The molecule has 0 unspecified atom stereocenters. The Bertz CT molecular complexity index is 2140. The Morgan fingerprint density at radius 1 is 0.541 bits per heavy atom. The van der Waals surface area contributed by atoms with Crippen LogP contribution in [0.25, 0.3) is 71.3 Å². The minimum absolute atomic E-state index is 0.980. The lowest BCUT2D eigenvalue weighted by atomic mass is 10.00. The molecule has 0 aliphatic heterocycles. The molecule has 0 saturated heterocycles. The van der Waals surface area contributed by atoms with Crippen molar-refractivity contribution in [3.63, 3.8) is 0 Å². The predicted molar refractivity (Wildman–Crippen MR) is 154 cm³/mol. The zero-order valence-electron chi connectivity index (χ0n) is 20.0. The van der Waals surface area contributed by atoms with Crippen molar-refractivity contribution < 1.29 is 0 Å². The molecule has 3 heterocycles. The number of nitrogens with zero attached hydrogens (tertiary/aromatic N) is 3. The number of rotatable bonds is 2. The van der Waals surface area contributed by atoms with Crippen molar-refractivity contribution >= 4 is 54.4 Å². The quantitative estimate of drug-likeness (QED) is 0.236. The fourth-order valence-electron chi connectivity index (χ4n) is 5.76. The van der Waals surface area contributed by atoms with Gasteiger partial charge in [0.05, 0.1) is 27.8 Å². The van der Waals surface area contributed by atoms with Crippen LogP contribution in [0.3, 0.4) is 0 Å². The average Bonchev–Trinajstić information content (AvgIpc) is 3.33. The molecular formula is C34H21N3. The highest BCUT2D eigenvalue weighted by molar-refractivity contribution is 6.31. The highest BCUT2D eigenvalue weighted by atomic mass is 15.0. The van der Waals surface area contributed by atoms with Gasteiger partial charge in [0.1, 0.15) is 0 Å². The Balaban J connectivity index is 1.42. The van der Waals surface area contributed by atoms with E-state index in [0.717, 1.165) is 38.8 Å². The first kappa shape index (κ1) is 20.2. The minimum Gasteiger partial charge on any atom is -0.309 e. The van der Waals surface area contributed by atoms with Gasteiger partial charge in [-0.15, -0.1) is 0 Å². The molecule has 5 aromatic carbocycles. The van der Waals surface area contributed by atoms with Crippen molar-refractivity contribution in [3.05, 3.63) is 128 Å². The first-order valence-electron chi connectivity index (χ1n) is 12.5. The third-order valence-corrected chi connectivity index (χ3v) is 7.41. The Morgan fingerprint density at radius 2 is 1.27 bits per heavy atom. The van der Waals surface area contributed by atoms with Crippen LogP contribution in [0.2, 0.25) is 0 Å². The Kier molecular flexibility index (Phi) is 4.23. The summed E-state index contributed by atoms with van der Waals surface area (Å²) in [6, 6.07) is 42.8. The van der Waals surface area contributed by atoms with E-state index in [0.29, 0.717) is 0 Å². The van der Waals surface area contributed by atoms with Crippen LogP contribution >= 0.6 is 0 Å². The summed E-state index contributed by atoms with van der Waals surface area (Å²) in [5.74, 6) is 0. The Hall–Kier alpha value is -5.02. The first-order chi connectivity index (χ1) is 18.4. The molecule has 0 radical (unpaired) electrons. The molecule has 0 fully saturated rings. The monoisotopic (exact) mass is 471 g/mol. The molecule has 0 N–H and O–H groups in total. The topological polar surface area (TPSA) is 30.7 Å². The largest absolute Gasteiger partial charge is 0.309 e. The lowest BCUT2D eigenvalue weighted by Crippen LogP contribution is -1.95. The van der Waals surface area contributed by atoms with Crippen LogP contribution < -0.4 is 0 Å². The summed E-state index contributed by atoms with van der Waals surface area (Å²) in [6.45, 7) is 0. The van der Waals surface area contributed by atoms with Crippen molar-refractivity contribution in [3.8, 4) is 16.9 Å². The number of hydrogen-bond acceptors (Lipinski definition) is 2. The van der Waals surface area contributed by atoms with E-state index in [-0.39, 0.29) is 0 Å². The standard InChI is InChI=1S/C34H21N3/c1-5-13-29-22(8-1)17-20-30(36-29)23-15-18-24(19-16-23)37-31-14-6-4-11-27(31)32-25-9-2-3-10-26(25)33-28(34(32)37)12-7-21-35-33/h1-21H. The smallest absolute Gasteiger partial charge is 0.0801 e. The molecule has 0 atom stereocenters. The molecule has 37 heavy (non-hydrogen) atoms. The predicted octanol–water partition coefficient (Wildman–Crippen LogP) is 8.70. The highest BCUT2D eigenvalue weighted by Gasteiger charge is 2.19. The Labute approximate surface area is 213 Å². The maximum absolute atomic E-state index is 4.90. The molecular weight excluding hydrogens is 450 g/mol. The van der Waals surface area contributed by atoms with Gasteiger partial charge in [0.15, 0.2) is 0 Å². The van der Waals surface area contributed by atoms with Gasteiger partial charge in [0.2, 0.25) is 0 Å². The third-order valence-electron chi connectivity index (χ3n) is 7.41. The van der Waals surface area contributed by atoms with E-state index >= 15 is 0 Å². The van der Waals surface area contributed by atoms with Crippen LogP contribution in [0.5, 0.6) is 0 Å². The van der Waals surface area contributed by atoms with Gasteiger partial charge in [-0.05, 0) is 47.9 Å². The average molecular weight is 472 g/mol. The molecule has 0 saturated carbocycles. The van der Waals surface area contributed by atoms with Gasteiger partial charge in [-0.2, -0.15) is 0 Å². The maximum atomic E-state index is 4.90. The molecule has 8 aromatic rings. The van der Waals surface area contributed by atoms with Crippen LogP contribution in [0, 0.1) is 0 Å². The summed E-state index contributed by atoms with van der Waals surface area (Å²) in [7, 11) is 0. The molecule has 0 aliphatic carbocycles. The number of para-hydroxylation sites is 2. The number of aromatic nitrogens is 3. The second-order valence-corrected chi connectivity index (χ2v) is 9.46. The van der Waals surface area contributed by atoms with Crippen molar-refractivity contribution in [1.82, 2.24) is 14.5 Å². The summed E-state index contributed by atoms with van der Waals surface area (Å²) in [4.78, 5) is 9.72. The summed E-state index contributed by atoms with van der Waals surface area (Å²) >= 11 is 0. The fraction of sp³-hybridized carbons (Fsp3) is 0. The Morgan fingerprint density at radius 3 is 2.16 bits per heavy atom. The molecule has 8 rings (SSSR count). The molecule has 0 amide bonds. The number of pyridine rings is 2. The number of fused-ring (bicyclic) bond motifs is 9. The van der Waals surface area contributed by atoms with Crippen LogP contribution in [0.1, 0.15) is 0 Å². The maximum Gasteiger partial charge on any atom is 0.0801 e. The molecule has 3 nitrogen and oxygen atoms in total. The second-order valence-electron chi connectivity index (χ2n) is 9.46. The summed E-state index contributed by atoms with van der Waals surface area (Å²) in [6.07, 6.45) is 1.89. The number of benzene rings is 5. The van der Waals surface area contributed by atoms with Crippen molar-refractivity contribution in [2.75, 3.05) is 0 Å². The van der Waals surface area contributed by atoms with E-state index in [2.05, 4.69) is 108 Å². The number of hydrogen-bond donors (Lipinski definition) is 0. The lowest BCUT2D eigenvalue weighted by molar-refractivity contribution is 1.18. The zero-order valence-corrected chi connectivity index (χ0v) is 20.0. The summed E-state index contributed by atoms with van der Waals surface area (Å²) in [5, 5.41) is 7.25. The van der Waals surface area contributed by atoms with Crippen LogP contribution in [0.4, 0.5) is 0 Å². The third kappa shape index (κ3) is 2.95. The van der Waals surface area contributed by atoms with E-state index in [1.165, 1.54) is 32.6 Å². The van der Waals surface area contributed by atoms with Gasteiger partial charge in [-0.1, -0.05) is 78.9 Å². The molecule has 172 valence electrons. The fourth-order valence-corrected chi connectivity index (χ4v) is 5.76. The molecule has 3 heteroatoms. The van der Waals surface area contributed by atoms with Gasteiger partial charge >= 0.3 is 0 Å². The van der Waals surface area contributed by atoms with Gasteiger partial charge < -0.3 is 4.57 Å². The van der Waals surface area contributed by atoms with Crippen LogP contribution in [-0.2, 0) is 0 Å². The molecule has 0 bridgehead atoms. The SMILES string of the molecule is c1ccc2nc(-c3ccc(-n4c5ccccc5c5c6ccccc6c6ncccc6c54)cc3)ccc2c1. The summed E-state index contributed by atoms with van der Waals surface area (Å²) < 4.78 is 2.39. The van der Waals surface area contributed by atoms with Gasteiger partial charge in [-0.3, -0.25) is 4.98 Å². The molecule has 3 aromatic heterocycles. The van der Waals surface area contributed by atoms with E-state index in [9.17, 15) is 0 Å². The van der Waals surface area contributed by atoms with Crippen LogP contribution in [0.15, 0.2) is 128 Å². The first-order valence-corrected chi connectivity index (χ1v) is 12.5. The van der Waals surface area contributed by atoms with E-state index in [1.807, 2.05) is 24.4 Å². The highest BCUT2D eigenvalue weighted by Crippen LogP contribution is 2.41. The van der Waals surface area contributed by atoms with Crippen molar-refractivity contribution in [2.24, 2.45) is 0 Å². The lowest BCUT2D eigenvalue weighted by Gasteiger charge is -2.12. The second kappa shape index (κ2) is 7.74. The molecule has 0 aliphatic rings. The van der Waals surface area contributed by atoms with E-state index in [1.54, 1.807) is 0 Å². The van der Waals surface area contributed by atoms with E-state index < -0.39 is 0 Å². The van der Waals surface area contributed by atoms with Gasteiger partial charge in [0.25, 0.3) is 0 Å². The molecule has 0 spiro atoms. The zero-order chi connectivity index (χ0) is 24.3.